The van der Waals surface area contributed by atoms with Crippen molar-refractivity contribution in [2.45, 2.75) is 0 Å². The summed E-state index contributed by atoms with van der Waals surface area (Å²) in [5, 5.41) is 10.1. The molecule has 0 fully saturated rings. The summed E-state index contributed by atoms with van der Waals surface area (Å²) >= 11 is 0. The number of benzene rings is 11. The molecule has 0 saturated carbocycles. The smallest absolute Gasteiger partial charge is 0.0353 e. The second kappa shape index (κ2) is 13.6. The van der Waals surface area contributed by atoms with Gasteiger partial charge in [0.15, 0.2) is 0 Å². The van der Waals surface area contributed by atoms with E-state index in [1.165, 1.54) is 143 Å². The van der Waals surface area contributed by atoms with E-state index in [4.69, 9.17) is 4.98 Å². The molecule has 294 valence electrons. The van der Waals surface area contributed by atoms with Crippen LogP contribution >= 0.6 is 0 Å². The third-order valence-electron chi connectivity index (χ3n) is 14.0. The topological polar surface area (TPSA) is 12.9 Å². The second-order valence-electron chi connectivity index (χ2n) is 17.2. The third-order valence-corrected chi connectivity index (χ3v) is 14.0. The lowest BCUT2D eigenvalue weighted by atomic mass is 9.82. The van der Waals surface area contributed by atoms with Crippen LogP contribution in [0.2, 0.25) is 0 Å². The zero-order valence-corrected chi connectivity index (χ0v) is 34.8. The van der Waals surface area contributed by atoms with Gasteiger partial charge in [0.05, 0.1) is 0 Å². The number of rotatable bonds is 5. The molecule has 64 heavy (non-hydrogen) atoms. The van der Waals surface area contributed by atoms with Crippen molar-refractivity contribution in [1.29, 1.82) is 0 Å². The highest BCUT2D eigenvalue weighted by Crippen LogP contribution is 2.61. The summed E-state index contributed by atoms with van der Waals surface area (Å²) in [6.45, 7) is 0. The molecule has 11 aromatic carbocycles. The fraction of sp³-hybridized carbons (Fsp3) is 0. The highest BCUT2D eigenvalue weighted by Gasteiger charge is 2.34. The molecule has 14 rings (SSSR count). The van der Waals surface area contributed by atoms with Crippen molar-refractivity contribution in [3.05, 3.63) is 225 Å². The minimum atomic E-state index is 1.17. The Morgan fingerprint density at radius 1 is 0.203 bits per heavy atom. The first kappa shape index (κ1) is 35.2. The van der Waals surface area contributed by atoms with E-state index in [-0.39, 0.29) is 0 Å². The largest absolute Gasteiger partial charge is 0.264 e. The maximum Gasteiger partial charge on any atom is 0.0353 e. The molecule has 2 aliphatic rings. The van der Waals surface area contributed by atoms with Crippen molar-refractivity contribution in [2.24, 2.45) is 0 Å². The highest BCUT2D eigenvalue weighted by atomic mass is 14.6. The van der Waals surface area contributed by atoms with Crippen LogP contribution in [0.15, 0.2) is 225 Å². The second-order valence-corrected chi connectivity index (χ2v) is 17.2. The molecule has 0 N–H and O–H groups in total. The van der Waals surface area contributed by atoms with Gasteiger partial charge in [0, 0.05) is 17.8 Å². The van der Waals surface area contributed by atoms with Crippen LogP contribution in [0, 0.1) is 0 Å². The molecule has 1 aromatic heterocycles. The van der Waals surface area contributed by atoms with E-state index >= 15 is 0 Å². The SMILES string of the molecule is c1ccc(-c2c3c(c(-c4ccccc4)c4ccccc24)-c2ccc(-c4ccc5c6c(cccc46)-c4c-5c(-c5ccccc5)c5cnccc5c4-c4ccccc4)c4cccc-3c24)cc1. The first-order chi connectivity index (χ1) is 31.8. The van der Waals surface area contributed by atoms with Crippen LogP contribution in [-0.4, -0.2) is 4.98 Å². The van der Waals surface area contributed by atoms with Crippen LogP contribution in [0.5, 0.6) is 0 Å². The van der Waals surface area contributed by atoms with E-state index in [0.717, 1.165) is 0 Å². The van der Waals surface area contributed by atoms with Crippen LogP contribution < -0.4 is 0 Å². The number of pyridine rings is 1. The minimum Gasteiger partial charge on any atom is -0.264 e. The third kappa shape index (κ3) is 4.81. The Morgan fingerprint density at radius 3 is 0.922 bits per heavy atom. The molecule has 0 bridgehead atoms. The molecule has 1 heterocycles. The number of hydrogen-bond donors (Lipinski definition) is 0. The van der Waals surface area contributed by atoms with Crippen molar-refractivity contribution < 1.29 is 0 Å². The molecule has 12 aromatic rings. The van der Waals surface area contributed by atoms with Crippen molar-refractivity contribution in [2.75, 3.05) is 0 Å². The molecule has 1 heteroatoms. The van der Waals surface area contributed by atoms with Crippen LogP contribution in [0.25, 0.3) is 143 Å². The fourth-order valence-electron chi connectivity index (χ4n) is 11.6. The van der Waals surface area contributed by atoms with E-state index in [9.17, 15) is 0 Å². The average molecular weight is 808 g/mol. The number of hydrogen-bond acceptors (Lipinski definition) is 1. The van der Waals surface area contributed by atoms with E-state index in [0.29, 0.717) is 0 Å². The van der Waals surface area contributed by atoms with Crippen molar-refractivity contribution >= 4 is 43.1 Å². The molecular formula is C63H37N. The molecule has 0 amide bonds. The normalized spacial score (nSPS) is 12.1. The summed E-state index contributed by atoms with van der Waals surface area (Å²) in [7, 11) is 0. The van der Waals surface area contributed by atoms with Gasteiger partial charge in [-0.1, -0.05) is 206 Å². The van der Waals surface area contributed by atoms with E-state index < -0.39 is 0 Å². The van der Waals surface area contributed by atoms with Crippen LogP contribution in [0.4, 0.5) is 0 Å². The van der Waals surface area contributed by atoms with Gasteiger partial charge < -0.3 is 0 Å². The Bertz CT molecular complexity index is 3460. The summed E-state index contributed by atoms with van der Waals surface area (Å²) in [6, 6.07) is 78.6. The van der Waals surface area contributed by atoms with Crippen LogP contribution in [0.3, 0.4) is 0 Å². The molecule has 0 atom stereocenters. The van der Waals surface area contributed by atoms with E-state index in [2.05, 4.69) is 219 Å². The van der Waals surface area contributed by atoms with Gasteiger partial charge in [0.25, 0.3) is 0 Å². The van der Waals surface area contributed by atoms with Gasteiger partial charge in [-0.25, -0.2) is 0 Å². The predicted octanol–water partition coefficient (Wildman–Crippen LogP) is 17.3. The lowest BCUT2D eigenvalue weighted by Gasteiger charge is -2.20. The Balaban J connectivity index is 1.07. The quantitative estimate of drug-likeness (QED) is 0.169. The Hall–Kier alpha value is -8.39. The van der Waals surface area contributed by atoms with Gasteiger partial charge >= 0.3 is 0 Å². The molecule has 2 aliphatic carbocycles. The molecule has 0 radical (unpaired) electrons. The standard InChI is InChI=1S/C63H37N/c1-5-17-38(18-6-1)54-46-25-13-14-26-47(46)55(39-19-7-2-8-20-39)62-51-33-31-42(44-27-15-29-49(58(44)51)60(54)62)43-32-34-52-59-45(43)28-16-30-50(59)61-56(40-21-9-3-10-22-40)48-35-36-64-37-53(48)57(63(52)61)41-23-11-4-12-24-41/h1-37H. The van der Waals surface area contributed by atoms with Gasteiger partial charge in [-0.3, -0.25) is 4.98 Å². The Morgan fingerprint density at radius 2 is 0.516 bits per heavy atom. The van der Waals surface area contributed by atoms with E-state index in [1.807, 2.05) is 6.20 Å². The van der Waals surface area contributed by atoms with Gasteiger partial charge in [0.2, 0.25) is 0 Å². The van der Waals surface area contributed by atoms with Crippen LogP contribution in [-0.2, 0) is 0 Å². The fourth-order valence-corrected chi connectivity index (χ4v) is 11.6. The number of nitrogens with zero attached hydrogens (tertiary/aromatic N) is 1. The zero-order chi connectivity index (χ0) is 41.9. The van der Waals surface area contributed by atoms with Crippen LogP contribution in [0.1, 0.15) is 0 Å². The first-order valence-corrected chi connectivity index (χ1v) is 22.2. The minimum absolute atomic E-state index is 1.17. The molecule has 0 aliphatic heterocycles. The predicted molar refractivity (Wildman–Crippen MR) is 270 cm³/mol. The van der Waals surface area contributed by atoms with Gasteiger partial charge in [-0.05, 0) is 144 Å². The number of aromatic nitrogens is 1. The maximum atomic E-state index is 4.74. The van der Waals surface area contributed by atoms with Gasteiger partial charge in [0.1, 0.15) is 0 Å². The van der Waals surface area contributed by atoms with Gasteiger partial charge in [-0.2, -0.15) is 0 Å². The molecule has 0 spiro atoms. The van der Waals surface area contributed by atoms with E-state index in [1.54, 1.807) is 0 Å². The molecule has 0 saturated heterocycles. The molecular weight excluding hydrogens is 771 g/mol. The first-order valence-electron chi connectivity index (χ1n) is 22.2. The number of fused-ring (bicyclic) bond motifs is 8. The summed E-state index contributed by atoms with van der Waals surface area (Å²) in [4.78, 5) is 4.74. The van der Waals surface area contributed by atoms with Gasteiger partial charge in [-0.15, -0.1) is 0 Å². The van der Waals surface area contributed by atoms with Crippen molar-refractivity contribution in [1.82, 2.24) is 4.98 Å². The molecule has 1 nitrogen and oxygen atoms in total. The zero-order valence-electron chi connectivity index (χ0n) is 34.8. The monoisotopic (exact) mass is 807 g/mol. The summed E-state index contributed by atoms with van der Waals surface area (Å²) in [6.07, 6.45) is 4.01. The average Bonchev–Trinajstić information content (AvgIpc) is 3.88. The molecule has 0 unspecified atom stereocenters. The van der Waals surface area contributed by atoms with Crippen molar-refractivity contribution in [3.8, 4) is 100 Å². The summed E-state index contributed by atoms with van der Waals surface area (Å²) < 4.78 is 0. The Kier molecular flexibility index (Phi) is 7.46. The summed E-state index contributed by atoms with van der Waals surface area (Å²) in [5.74, 6) is 0. The maximum absolute atomic E-state index is 4.74. The lowest BCUT2D eigenvalue weighted by Crippen LogP contribution is -1.94. The Labute approximate surface area is 371 Å². The highest BCUT2D eigenvalue weighted by molar-refractivity contribution is 6.32. The lowest BCUT2D eigenvalue weighted by molar-refractivity contribution is 1.36. The summed E-state index contributed by atoms with van der Waals surface area (Å²) in [5.41, 5.74) is 22.8. The van der Waals surface area contributed by atoms with Crippen molar-refractivity contribution in [3.63, 3.8) is 0 Å².